The average molecular weight is 368 g/mol. The van der Waals surface area contributed by atoms with Gasteiger partial charge in [0.2, 0.25) is 5.91 Å². The van der Waals surface area contributed by atoms with Crippen molar-refractivity contribution < 1.29 is 14.3 Å². The number of amides is 1. The second-order valence-corrected chi connectivity index (χ2v) is 7.00. The Morgan fingerprint density at radius 3 is 2.78 bits per heavy atom. The van der Waals surface area contributed by atoms with Gasteiger partial charge in [0.1, 0.15) is 0 Å². The highest BCUT2D eigenvalue weighted by Gasteiger charge is 2.21. The molecule has 0 aliphatic carbocycles. The maximum atomic E-state index is 12.7. The third-order valence-corrected chi connectivity index (χ3v) is 4.64. The minimum Gasteiger partial charge on any atom is -0.493 e. The van der Waals surface area contributed by atoms with Crippen LogP contribution in [-0.4, -0.2) is 32.2 Å². The van der Waals surface area contributed by atoms with Crippen LogP contribution in [0.4, 0.5) is 5.69 Å². The molecule has 1 N–H and O–H groups in total. The molecule has 2 aromatic carbocycles. The highest BCUT2D eigenvalue weighted by molar-refractivity contribution is 5.95. The summed E-state index contributed by atoms with van der Waals surface area (Å²) in [5, 5.41) is 3.27. The predicted octanol–water partition coefficient (Wildman–Crippen LogP) is 3.55. The number of carbonyl (C=O) groups is 1. The van der Waals surface area contributed by atoms with E-state index in [0.717, 1.165) is 36.4 Å². The molecular formula is C22H28N2O3. The molecule has 0 atom stereocenters. The molecule has 144 valence electrons. The molecule has 0 radical (unpaired) electrons. The van der Waals surface area contributed by atoms with Crippen molar-refractivity contribution in [3.05, 3.63) is 53.6 Å². The summed E-state index contributed by atoms with van der Waals surface area (Å²) in [5.74, 6) is 1.54. The number of ether oxygens (including phenoxy) is 2. The van der Waals surface area contributed by atoms with Crippen molar-refractivity contribution in [3.8, 4) is 11.5 Å². The molecule has 1 aliphatic rings. The van der Waals surface area contributed by atoms with Gasteiger partial charge in [-0.2, -0.15) is 0 Å². The maximum Gasteiger partial charge on any atom is 0.240 e. The smallest absolute Gasteiger partial charge is 0.240 e. The normalized spacial score (nSPS) is 13.4. The molecule has 5 heteroatoms. The Morgan fingerprint density at radius 2 is 2.00 bits per heavy atom. The van der Waals surface area contributed by atoms with E-state index in [1.807, 2.05) is 55.1 Å². The summed E-state index contributed by atoms with van der Waals surface area (Å²) >= 11 is 0. The number of anilines is 1. The molecule has 0 fully saturated rings. The van der Waals surface area contributed by atoms with Crippen LogP contribution in [0, 0.1) is 0 Å². The van der Waals surface area contributed by atoms with Gasteiger partial charge >= 0.3 is 0 Å². The van der Waals surface area contributed by atoms with Crippen molar-refractivity contribution in [1.29, 1.82) is 0 Å². The molecule has 0 aromatic heterocycles. The summed E-state index contributed by atoms with van der Waals surface area (Å²) in [5.41, 5.74) is 3.27. The number of para-hydroxylation sites is 2. The molecule has 0 unspecified atom stereocenters. The number of nitrogens with zero attached hydrogens (tertiary/aromatic N) is 1. The Labute approximate surface area is 161 Å². The SMILES string of the molecule is COc1cccc(CNCC(=O)N2CCCc3ccccc32)c1OC(C)C. The predicted molar refractivity (Wildman–Crippen MR) is 108 cm³/mol. The van der Waals surface area contributed by atoms with Crippen LogP contribution in [0.25, 0.3) is 0 Å². The van der Waals surface area contributed by atoms with Gasteiger partial charge < -0.3 is 19.7 Å². The fourth-order valence-electron chi connectivity index (χ4n) is 3.42. The van der Waals surface area contributed by atoms with E-state index in [1.165, 1.54) is 5.56 Å². The van der Waals surface area contributed by atoms with E-state index in [1.54, 1.807) is 7.11 Å². The minimum atomic E-state index is 0.0477. The number of fused-ring (bicyclic) bond motifs is 1. The van der Waals surface area contributed by atoms with Gasteiger partial charge in [0, 0.05) is 24.3 Å². The molecule has 0 saturated heterocycles. The van der Waals surface area contributed by atoms with Crippen molar-refractivity contribution >= 4 is 11.6 Å². The lowest BCUT2D eigenvalue weighted by molar-refractivity contribution is -0.117. The first-order valence-electron chi connectivity index (χ1n) is 9.51. The first-order valence-corrected chi connectivity index (χ1v) is 9.51. The minimum absolute atomic E-state index is 0.0477. The molecular weight excluding hydrogens is 340 g/mol. The Bertz CT molecular complexity index is 789. The molecule has 27 heavy (non-hydrogen) atoms. The maximum absolute atomic E-state index is 12.7. The Morgan fingerprint density at radius 1 is 1.19 bits per heavy atom. The summed E-state index contributed by atoms with van der Waals surface area (Å²) < 4.78 is 11.3. The number of hydrogen-bond acceptors (Lipinski definition) is 4. The fraction of sp³-hybridized carbons (Fsp3) is 0.409. The van der Waals surface area contributed by atoms with Crippen molar-refractivity contribution in [2.75, 3.05) is 25.1 Å². The standard InChI is InChI=1S/C22H28N2O3/c1-16(2)27-22-18(9-6-12-20(22)26-3)14-23-15-21(25)24-13-7-10-17-8-4-5-11-19(17)24/h4-6,8-9,11-12,16,23H,7,10,13-15H2,1-3H3. The van der Waals surface area contributed by atoms with Crippen LogP contribution in [0.15, 0.2) is 42.5 Å². The van der Waals surface area contributed by atoms with Crippen LogP contribution < -0.4 is 19.7 Å². The van der Waals surface area contributed by atoms with E-state index in [0.29, 0.717) is 12.3 Å². The van der Waals surface area contributed by atoms with Gasteiger partial charge in [0.25, 0.3) is 0 Å². The lowest BCUT2D eigenvalue weighted by atomic mass is 10.0. The second-order valence-electron chi connectivity index (χ2n) is 7.00. The zero-order chi connectivity index (χ0) is 19.2. The third-order valence-electron chi connectivity index (χ3n) is 4.64. The lowest BCUT2D eigenvalue weighted by Crippen LogP contribution is -2.41. The molecule has 1 aliphatic heterocycles. The zero-order valence-corrected chi connectivity index (χ0v) is 16.3. The van der Waals surface area contributed by atoms with E-state index in [4.69, 9.17) is 9.47 Å². The third kappa shape index (κ3) is 4.61. The molecule has 0 spiro atoms. The van der Waals surface area contributed by atoms with Gasteiger partial charge in [-0.25, -0.2) is 0 Å². The van der Waals surface area contributed by atoms with E-state index < -0.39 is 0 Å². The summed E-state index contributed by atoms with van der Waals surface area (Å²) in [6.07, 6.45) is 2.09. The van der Waals surface area contributed by atoms with Gasteiger partial charge in [0.15, 0.2) is 11.5 Å². The largest absolute Gasteiger partial charge is 0.493 e. The summed E-state index contributed by atoms with van der Waals surface area (Å²) in [7, 11) is 1.64. The molecule has 3 rings (SSSR count). The van der Waals surface area contributed by atoms with Crippen LogP contribution in [0.1, 0.15) is 31.4 Å². The van der Waals surface area contributed by atoms with Gasteiger partial charge in [-0.05, 0) is 44.4 Å². The van der Waals surface area contributed by atoms with Crippen molar-refractivity contribution in [1.82, 2.24) is 5.32 Å². The van der Waals surface area contributed by atoms with Crippen molar-refractivity contribution in [3.63, 3.8) is 0 Å². The van der Waals surface area contributed by atoms with Gasteiger partial charge in [0.05, 0.1) is 19.8 Å². The van der Waals surface area contributed by atoms with Gasteiger partial charge in [-0.3, -0.25) is 4.79 Å². The Hall–Kier alpha value is -2.53. The highest BCUT2D eigenvalue weighted by Crippen LogP contribution is 2.32. The summed E-state index contributed by atoms with van der Waals surface area (Å²) in [6.45, 7) is 5.58. The lowest BCUT2D eigenvalue weighted by Gasteiger charge is -2.29. The quantitative estimate of drug-likeness (QED) is 0.812. The topological polar surface area (TPSA) is 50.8 Å². The summed E-state index contributed by atoms with van der Waals surface area (Å²) in [4.78, 5) is 14.6. The molecule has 2 aromatic rings. The van der Waals surface area contributed by atoms with E-state index in [9.17, 15) is 4.79 Å². The Kier molecular flexibility index (Phi) is 6.35. The van der Waals surface area contributed by atoms with E-state index >= 15 is 0 Å². The van der Waals surface area contributed by atoms with Crippen LogP contribution >= 0.6 is 0 Å². The average Bonchev–Trinajstić information content (AvgIpc) is 2.68. The number of nitrogens with one attached hydrogen (secondary N) is 1. The monoisotopic (exact) mass is 368 g/mol. The highest BCUT2D eigenvalue weighted by atomic mass is 16.5. The number of aryl methyl sites for hydroxylation is 1. The van der Waals surface area contributed by atoms with Crippen molar-refractivity contribution in [2.24, 2.45) is 0 Å². The molecule has 5 nitrogen and oxygen atoms in total. The van der Waals surface area contributed by atoms with E-state index in [2.05, 4.69) is 11.4 Å². The number of hydrogen-bond donors (Lipinski definition) is 1. The first kappa shape index (κ1) is 19.2. The molecule has 1 heterocycles. The number of methoxy groups -OCH3 is 1. The van der Waals surface area contributed by atoms with E-state index in [-0.39, 0.29) is 18.6 Å². The summed E-state index contributed by atoms with van der Waals surface area (Å²) in [6, 6.07) is 14.0. The molecule has 0 saturated carbocycles. The van der Waals surface area contributed by atoms with Crippen LogP contribution in [0.5, 0.6) is 11.5 Å². The van der Waals surface area contributed by atoms with Crippen LogP contribution in [-0.2, 0) is 17.8 Å². The molecule has 1 amide bonds. The van der Waals surface area contributed by atoms with Gasteiger partial charge in [-0.1, -0.05) is 30.3 Å². The number of rotatable bonds is 7. The zero-order valence-electron chi connectivity index (χ0n) is 16.3. The first-order chi connectivity index (χ1) is 13.1. The Balaban J connectivity index is 1.64. The van der Waals surface area contributed by atoms with Crippen LogP contribution in [0.2, 0.25) is 0 Å². The fourth-order valence-corrected chi connectivity index (χ4v) is 3.42. The van der Waals surface area contributed by atoms with Gasteiger partial charge in [-0.15, -0.1) is 0 Å². The van der Waals surface area contributed by atoms with Crippen molar-refractivity contribution in [2.45, 2.75) is 39.3 Å². The molecule has 0 bridgehead atoms. The number of benzene rings is 2. The van der Waals surface area contributed by atoms with Crippen LogP contribution in [0.3, 0.4) is 0 Å². The second kappa shape index (κ2) is 8.91. The number of carbonyl (C=O) groups excluding carboxylic acids is 1.